The van der Waals surface area contributed by atoms with Crippen LogP contribution in [0.5, 0.6) is 0 Å². The van der Waals surface area contributed by atoms with Gasteiger partial charge in [-0.2, -0.15) is 0 Å². The van der Waals surface area contributed by atoms with E-state index in [9.17, 15) is 4.79 Å². The van der Waals surface area contributed by atoms with E-state index in [4.69, 9.17) is 11.6 Å². The Morgan fingerprint density at radius 1 is 1.43 bits per heavy atom. The van der Waals surface area contributed by atoms with E-state index >= 15 is 0 Å². The van der Waals surface area contributed by atoms with Crippen LogP contribution in [0.25, 0.3) is 0 Å². The molecule has 1 aromatic carbocycles. The van der Waals surface area contributed by atoms with Crippen LogP contribution in [0, 0.1) is 0 Å². The van der Waals surface area contributed by atoms with Gasteiger partial charge in [-0.05, 0) is 12.1 Å². The Kier molecular flexibility index (Phi) is 2.99. The van der Waals surface area contributed by atoms with Crippen LogP contribution < -0.4 is 0 Å². The van der Waals surface area contributed by atoms with Crippen molar-refractivity contribution in [3.8, 4) is 0 Å². The lowest BCUT2D eigenvalue weighted by atomic mass is 10.2. The van der Waals surface area contributed by atoms with Crippen LogP contribution in [-0.2, 0) is 0 Å². The number of carbonyl (C=O) groups excluding carboxylic acids is 1. The second kappa shape index (κ2) is 4.24. The molecule has 0 aliphatic carbocycles. The van der Waals surface area contributed by atoms with Gasteiger partial charge in [0.25, 0.3) is 5.91 Å². The highest BCUT2D eigenvalue weighted by Gasteiger charge is 2.23. The van der Waals surface area contributed by atoms with Gasteiger partial charge in [0, 0.05) is 17.3 Å². The topological polar surface area (TPSA) is 20.3 Å². The third-order valence-electron chi connectivity index (χ3n) is 2.14. The molecule has 0 N–H and O–H groups in total. The van der Waals surface area contributed by atoms with E-state index in [1.54, 1.807) is 16.7 Å². The first-order valence-corrected chi connectivity index (χ1v) is 5.92. The number of hydrogen-bond acceptors (Lipinski definition) is 2. The molecule has 0 atom stereocenters. The zero-order chi connectivity index (χ0) is 9.97. The van der Waals surface area contributed by atoms with Crippen LogP contribution in [-0.4, -0.2) is 29.1 Å². The molecule has 4 heteroatoms. The summed E-state index contributed by atoms with van der Waals surface area (Å²) in [6.45, 7) is 0.627. The Hall–Kier alpha value is -0.670. The summed E-state index contributed by atoms with van der Waals surface area (Å²) in [7, 11) is 0. The minimum atomic E-state index is 0.0972. The van der Waals surface area contributed by atoms with Crippen molar-refractivity contribution in [2.75, 3.05) is 18.3 Å². The first-order valence-electron chi connectivity index (χ1n) is 4.40. The average Bonchev–Trinajstić information content (AvgIpc) is 2.23. The Bertz CT molecular complexity index is 356. The molecule has 0 saturated carbocycles. The summed E-state index contributed by atoms with van der Waals surface area (Å²) in [5, 5.41) is 0. The summed E-state index contributed by atoms with van der Waals surface area (Å²) in [4.78, 5) is 14.7. The maximum absolute atomic E-state index is 11.9. The van der Waals surface area contributed by atoms with Crippen molar-refractivity contribution < 1.29 is 4.79 Å². The number of fused-ring (bicyclic) bond motifs is 1. The van der Waals surface area contributed by atoms with Gasteiger partial charge in [-0.3, -0.25) is 4.79 Å². The average molecular weight is 228 g/mol. The van der Waals surface area contributed by atoms with E-state index in [1.165, 1.54) is 0 Å². The fraction of sp³-hybridized carbons (Fsp3) is 0.300. The number of rotatable bonds is 2. The molecule has 0 spiro atoms. The lowest BCUT2D eigenvalue weighted by molar-refractivity contribution is 0.0786. The first kappa shape index (κ1) is 9.87. The number of amides is 1. The zero-order valence-corrected chi connectivity index (χ0v) is 9.14. The van der Waals surface area contributed by atoms with Crippen LogP contribution >= 0.6 is 23.4 Å². The van der Waals surface area contributed by atoms with Crippen molar-refractivity contribution in [3.05, 3.63) is 29.8 Å². The van der Waals surface area contributed by atoms with Crippen LogP contribution in [0.15, 0.2) is 29.2 Å². The maximum atomic E-state index is 11.9. The SMILES string of the molecule is O=C1c2ccccc2SCN1CCCl. The third-order valence-corrected chi connectivity index (χ3v) is 3.41. The van der Waals surface area contributed by atoms with E-state index in [1.807, 2.05) is 24.3 Å². The Morgan fingerprint density at radius 3 is 3.00 bits per heavy atom. The lowest BCUT2D eigenvalue weighted by Crippen LogP contribution is -2.35. The predicted molar refractivity (Wildman–Crippen MR) is 58.9 cm³/mol. The molecule has 0 fully saturated rings. The van der Waals surface area contributed by atoms with Crippen LogP contribution in [0.2, 0.25) is 0 Å². The van der Waals surface area contributed by atoms with Gasteiger partial charge in [-0.1, -0.05) is 12.1 Å². The molecule has 1 aromatic rings. The highest BCUT2D eigenvalue weighted by atomic mass is 35.5. The van der Waals surface area contributed by atoms with Gasteiger partial charge in [-0.25, -0.2) is 0 Å². The standard InChI is InChI=1S/C10H10ClNOS/c11-5-6-12-7-14-9-4-2-1-3-8(9)10(12)13/h1-4H,5-7H2. The maximum Gasteiger partial charge on any atom is 0.255 e. The molecule has 1 aliphatic heterocycles. The number of nitrogens with zero attached hydrogens (tertiary/aromatic N) is 1. The fourth-order valence-corrected chi connectivity index (χ4v) is 2.64. The van der Waals surface area contributed by atoms with Crippen molar-refractivity contribution in [3.63, 3.8) is 0 Å². The molecular weight excluding hydrogens is 218 g/mol. The highest BCUT2D eigenvalue weighted by Crippen LogP contribution is 2.29. The molecule has 1 heterocycles. The number of benzene rings is 1. The Labute approximate surface area is 92.2 Å². The number of halogens is 1. The van der Waals surface area contributed by atoms with Crippen LogP contribution in [0.1, 0.15) is 10.4 Å². The zero-order valence-electron chi connectivity index (χ0n) is 7.57. The van der Waals surface area contributed by atoms with Crippen LogP contribution in [0.3, 0.4) is 0 Å². The molecule has 74 valence electrons. The van der Waals surface area contributed by atoms with Crippen LogP contribution in [0.4, 0.5) is 0 Å². The first-order chi connectivity index (χ1) is 6.83. The smallest absolute Gasteiger partial charge is 0.255 e. The molecule has 2 nitrogen and oxygen atoms in total. The van der Waals surface area contributed by atoms with Gasteiger partial charge in [0.2, 0.25) is 0 Å². The minimum absolute atomic E-state index is 0.0972. The lowest BCUT2D eigenvalue weighted by Gasteiger charge is -2.27. The van der Waals surface area contributed by atoms with Crippen molar-refractivity contribution in [1.82, 2.24) is 4.90 Å². The number of carbonyl (C=O) groups is 1. The molecule has 2 rings (SSSR count). The summed E-state index contributed by atoms with van der Waals surface area (Å²) < 4.78 is 0. The highest BCUT2D eigenvalue weighted by molar-refractivity contribution is 7.99. The van der Waals surface area contributed by atoms with Gasteiger partial charge in [0.05, 0.1) is 11.4 Å². The van der Waals surface area contributed by atoms with E-state index in [2.05, 4.69) is 0 Å². The molecule has 1 amide bonds. The van der Waals surface area contributed by atoms with E-state index in [-0.39, 0.29) is 5.91 Å². The van der Waals surface area contributed by atoms with Gasteiger partial charge in [0.15, 0.2) is 0 Å². The predicted octanol–water partition coefficient (Wildman–Crippen LogP) is 2.43. The molecular formula is C10H10ClNOS. The largest absolute Gasteiger partial charge is 0.328 e. The van der Waals surface area contributed by atoms with E-state index in [0.717, 1.165) is 10.5 Å². The van der Waals surface area contributed by atoms with E-state index < -0.39 is 0 Å². The molecule has 14 heavy (non-hydrogen) atoms. The molecule has 0 bridgehead atoms. The monoisotopic (exact) mass is 227 g/mol. The normalized spacial score (nSPS) is 15.5. The Morgan fingerprint density at radius 2 is 2.21 bits per heavy atom. The van der Waals surface area contributed by atoms with E-state index in [0.29, 0.717) is 18.3 Å². The molecule has 1 aliphatic rings. The molecule has 0 radical (unpaired) electrons. The van der Waals surface area contributed by atoms with Crippen molar-refractivity contribution in [2.45, 2.75) is 4.90 Å². The number of alkyl halides is 1. The second-order valence-electron chi connectivity index (χ2n) is 3.03. The summed E-state index contributed by atoms with van der Waals surface area (Å²) in [6.07, 6.45) is 0. The van der Waals surface area contributed by atoms with Gasteiger partial charge in [0.1, 0.15) is 0 Å². The number of thioether (sulfide) groups is 1. The summed E-state index contributed by atoms with van der Waals surface area (Å²) in [6, 6.07) is 7.69. The molecule has 0 saturated heterocycles. The van der Waals surface area contributed by atoms with Gasteiger partial charge in [-0.15, -0.1) is 23.4 Å². The minimum Gasteiger partial charge on any atom is -0.328 e. The number of hydrogen-bond donors (Lipinski definition) is 0. The summed E-state index contributed by atoms with van der Waals surface area (Å²) >= 11 is 7.31. The summed E-state index contributed by atoms with van der Waals surface area (Å²) in [5.74, 6) is 1.30. The molecule has 0 aromatic heterocycles. The fourth-order valence-electron chi connectivity index (χ4n) is 1.41. The van der Waals surface area contributed by atoms with Crippen molar-refractivity contribution in [2.24, 2.45) is 0 Å². The molecule has 0 unspecified atom stereocenters. The Balaban J connectivity index is 2.27. The summed E-state index contributed by atoms with van der Waals surface area (Å²) in [5.41, 5.74) is 0.800. The quantitative estimate of drug-likeness (QED) is 0.724. The van der Waals surface area contributed by atoms with Crippen molar-refractivity contribution >= 4 is 29.3 Å². The van der Waals surface area contributed by atoms with Gasteiger partial charge < -0.3 is 4.90 Å². The van der Waals surface area contributed by atoms with Crippen molar-refractivity contribution in [1.29, 1.82) is 0 Å². The van der Waals surface area contributed by atoms with Gasteiger partial charge >= 0.3 is 0 Å². The second-order valence-corrected chi connectivity index (χ2v) is 4.39. The third kappa shape index (κ3) is 1.74.